The first-order valence-corrected chi connectivity index (χ1v) is 7.48. The van der Waals surface area contributed by atoms with E-state index in [2.05, 4.69) is 10.6 Å². The van der Waals surface area contributed by atoms with E-state index in [1.54, 1.807) is 12.1 Å². The lowest BCUT2D eigenvalue weighted by atomic mass is 10.1. The minimum absolute atomic E-state index is 0.0698. The molecule has 1 amide bonds. The molecular weight excluding hydrogens is 255 g/mol. The molecule has 20 heavy (non-hydrogen) atoms. The SMILES string of the molecule is O=C(CCc1ccc(F)cc1)NC[C@@H]1CCCCCN1. The van der Waals surface area contributed by atoms with Crippen molar-refractivity contribution in [1.29, 1.82) is 0 Å². The summed E-state index contributed by atoms with van der Waals surface area (Å²) in [5.74, 6) is -0.169. The van der Waals surface area contributed by atoms with Crippen LogP contribution in [-0.4, -0.2) is 25.0 Å². The largest absolute Gasteiger partial charge is 0.355 e. The highest BCUT2D eigenvalue weighted by Gasteiger charge is 2.12. The van der Waals surface area contributed by atoms with Gasteiger partial charge >= 0.3 is 0 Å². The molecule has 1 aliphatic rings. The second-order valence-electron chi connectivity index (χ2n) is 5.43. The fraction of sp³-hybridized carbons (Fsp3) is 0.562. The molecule has 0 radical (unpaired) electrons. The Labute approximate surface area is 120 Å². The van der Waals surface area contributed by atoms with Crippen molar-refractivity contribution in [3.05, 3.63) is 35.6 Å². The van der Waals surface area contributed by atoms with Crippen LogP contribution in [0.4, 0.5) is 4.39 Å². The van der Waals surface area contributed by atoms with Crippen LogP contribution in [0.15, 0.2) is 24.3 Å². The Morgan fingerprint density at radius 3 is 2.85 bits per heavy atom. The van der Waals surface area contributed by atoms with Gasteiger partial charge < -0.3 is 10.6 Å². The monoisotopic (exact) mass is 278 g/mol. The van der Waals surface area contributed by atoms with Crippen LogP contribution in [0.5, 0.6) is 0 Å². The van der Waals surface area contributed by atoms with E-state index in [9.17, 15) is 9.18 Å². The predicted octanol–water partition coefficient (Wildman–Crippen LogP) is 2.41. The van der Waals surface area contributed by atoms with Gasteiger partial charge in [-0.1, -0.05) is 25.0 Å². The quantitative estimate of drug-likeness (QED) is 0.868. The van der Waals surface area contributed by atoms with Crippen LogP contribution in [0.1, 0.15) is 37.7 Å². The Morgan fingerprint density at radius 1 is 1.25 bits per heavy atom. The van der Waals surface area contributed by atoms with Crippen molar-refractivity contribution >= 4 is 5.91 Å². The first kappa shape index (κ1) is 15.0. The summed E-state index contributed by atoms with van der Waals surface area (Å²) in [5, 5.41) is 6.45. The lowest BCUT2D eigenvalue weighted by Gasteiger charge is -2.16. The van der Waals surface area contributed by atoms with Gasteiger partial charge in [0.1, 0.15) is 5.82 Å². The Bertz CT molecular complexity index is 411. The molecule has 1 saturated heterocycles. The molecule has 3 nitrogen and oxygen atoms in total. The molecule has 1 heterocycles. The van der Waals surface area contributed by atoms with Crippen molar-refractivity contribution in [3.63, 3.8) is 0 Å². The van der Waals surface area contributed by atoms with E-state index in [4.69, 9.17) is 0 Å². The fourth-order valence-corrected chi connectivity index (χ4v) is 2.51. The molecule has 2 rings (SSSR count). The molecule has 1 fully saturated rings. The zero-order chi connectivity index (χ0) is 14.2. The third-order valence-electron chi connectivity index (χ3n) is 3.76. The molecule has 0 saturated carbocycles. The summed E-state index contributed by atoms with van der Waals surface area (Å²) in [6.45, 7) is 1.76. The van der Waals surface area contributed by atoms with Crippen molar-refractivity contribution in [2.24, 2.45) is 0 Å². The molecule has 1 aromatic rings. The summed E-state index contributed by atoms with van der Waals surface area (Å²) in [7, 11) is 0. The zero-order valence-corrected chi connectivity index (χ0v) is 11.8. The molecule has 2 N–H and O–H groups in total. The maximum absolute atomic E-state index is 12.8. The van der Waals surface area contributed by atoms with Gasteiger partial charge in [-0.2, -0.15) is 0 Å². The Balaban J connectivity index is 1.66. The summed E-state index contributed by atoms with van der Waals surface area (Å²) in [6.07, 6.45) is 6.00. The average molecular weight is 278 g/mol. The predicted molar refractivity (Wildman–Crippen MR) is 78.0 cm³/mol. The van der Waals surface area contributed by atoms with Gasteiger partial charge in [0.25, 0.3) is 0 Å². The number of nitrogens with one attached hydrogen (secondary N) is 2. The van der Waals surface area contributed by atoms with Crippen molar-refractivity contribution in [2.45, 2.75) is 44.6 Å². The van der Waals surface area contributed by atoms with Crippen molar-refractivity contribution in [3.8, 4) is 0 Å². The van der Waals surface area contributed by atoms with Crippen LogP contribution in [0.3, 0.4) is 0 Å². The average Bonchev–Trinajstić information content (AvgIpc) is 2.73. The number of amides is 1. The zero-order valence-electron chi connectivity index (χ0n) is 11.8. The van der Waals surface area contributed by atoms with Crippen molar-refractivity contribution in [2.75, 3.05) is 13.1 Å². The first-order valence-electron chi connectivity index (χ1n) is 7.48. The summed E-state index contributed by atoms with van der Waals surface area (Å²) >= 11 is 0. The molecule has 1 aromatic carbocycles. The van der Waals surface area contributed by atoms with Crippen molar-refractivity contribution < 1.29 is 9.18 Å². The second kappa shape index (κ2) is 8.00. The van der Waals surface area contributed by atoms with Crippen LogP contribution in [0, 0.1) is 5.82 Å². The highest BCUT2D eigenvalue weighted by atomic mass is 19.1. The van der Waals surface area contributed by atoms with Crippen LogP contribution >= 0.6 is 0 Å². The van der Waals surface area contributed by atoms with Crippen LogP contribution in [0.2, 0.25) is 0 Å². The molecule has 1 aliphatic heterocycles. The van der Waals surface area contributed by atoms with E-state index in [1.807, 2.05) is 0 Å². The van der Waals surface area contributed by atoms with Crippen LogP contribution in [-0.2, 0) is 11.2 Å². The van der Waals surface area contributed by atoms with Gasteiger partial charge in [-0.15, -0.1) is 0 Å². The lowest BCUT2D eigenvalue weighted by molar-refractivity contribution is -0.121. The van der Waals surface area contributed by atoms with Crippen LogP contribution in [0.25, 0.3) is 0 Å². The maximum atomic E-state index is 12.8. The maximum Gasteiger partial charge on any atom is 0.220 e. The molecule has 0 spiro atoms. The van der Waals surface area contributed by atoms with Gasteiger partial charge in [-0.3, -0.25) is 4.79 Å². The smallest absolute Gasteiger partial charge is 0.220 e. The highest BCUT2D eigenvalue weighted by molar-refractivity contribution is 5.76. The lowest BCUT2D eigenvalue weighted by Crippen LogP contribution is -2.40. The third-order valence-corrected chi connectivity index (χ3v) is 3.76. The van der Waals surface area contributed by atoms with E-state index in [0.717, 1.165) is 18.5 Å². The Kier molecular flexibility index (Phi) is 5.99. The minimum Gasteiger partial charge on any atom is -0.355 e. The highest BCUT2D eigenvalue weighted by Crippen LogP contribution is 2.08. The van der Waals surface area contributed by atoms with Gasteiger partial charge in [0.15, 0.2) is 0 Å². The number of aryl methyl sites for hydroxylation is 1. The van der Waals surface area contributed by atoms with Gasteiger partial charge in [0.05, 0.1) is 0 Å². The van der Waals surface area contributed by atoms with E-state index in [-0.39, 0.29) is 11.7 Å². The second-order valence-corrected chi connectivity index (χ2v) is 5.43. The van der Waals surface area contributed by atoms with Gasteiger partial charge in [0, 0.05) is 19.0 Å². The third kappa shape index (κ3) is 5.29. The number of hydrogen-bond donors (Lipinski definition) is 2. The number of benzene rings is 1. The Hall–Kier alpha value is -1.42. The first-order chi connectivity index (χ1) is 9.74. The molecule has 0 aliphatic carbocycles. The van der Waals surface area contributed by atoms with Gasteiger partial charge in [-0.05, 0) is 43.5 Å². The molecular formula is C16H23FN2O. The number of carbonyl (C=O) groups is 1. The van der Waals surface area contributed by atoms with E-state index in [0.29, 0.717) is 25.4 Å². The molecule has 0 unspecified atom stereocenters. The molecule has 0 bridgehead atoms. The summed E-state index contributed by atoms with van der Waals surface area (Å²) in [4.78, 5) is 11.8. The summed E-state index contributed by atoms with van der Waals surface area (Å²) < 4.78 is 12.8. The molecule has 1 atom stereocenters. The minimum atomic E-state index is -0.238. The van der Waals surface area contributed by atoms with E-state index < -0.39 is 0 Å². The molecule has 0 aromatic heterocycles. The normalized spacial score (nSPS) is 19.4. The topological polar surface area (TPSA) is 41.1 Å². The fourth-order valence-electron chi connectivity index (χ4n) is 2.51. The van der Waals surface area contributed by atoms with Crippen molar-refractivity contribution in [1.82, 2.24) is 10.6 Å². The van der Waals surface area contributed by atoms with Gasteiger partial charge in [-0.25, -0.2) is 4.39 Å². The van der Waals surface area contributed by atoms with E-state index >= 15 is 0 Å². The summed E-state index contributed by atoms with van der Waals surface area (Å²) in [6, 6.07) is 6.74. The molecule has 110 valence electrons. The van der Waals surface area contributed by atoms with Gasteiger partial charge in [0.2, 0.25) is 5.91 Å². The Morgan fingerprint density at radius 2 is 2.05 bits per heavy atom. The summed E-state index contributed by atoms with van der Waals surface area (Å²) in [5.41, 5.74) is 0.995. The standard InChI is InChI=1S/C16H23FN2O/c17-14-8-5-13(6-9-14)7-10-16(20)19-12-15-4-2-1-3-11-18-15/h5-6,8-9,15,18H,1-4,7,10-12H2,(H,19,20)/t15-/m0/s1. The number of halogens is 1. The van der Waals surface area contributed by atoms with E-state index in [1.165, 1.54) is 31.4 Å². The number of rotatable bonds is 5. The number of hydrogen-bond acceptors (Lipinski definition) is 2. The van der Waals surface area contributed by atoms with Crippen LogP contribution < -0.4 is 10.6 Å². The number of carbonyl (C=O) groups excluding carboxylic acids is 1. The molecule has 4 heteroatoms.